The molecule has 0 heterocycles. The van der Waals surface area contributed by atoms with Gasteiger partial charge in [0.2, 0.25) is 0 Å². The summed E-state index contributed by atoms with van der Waals surface area (Å²) in [5.41, 5.74) is 4.27. The Balaban J connectivity index is 1.87. The number of fused-ring (bicyclic) bond motifs is 3. The van der Waals surface area contributed by atoms with E-state index in [2.05, 4.69) is 12.1 Å². The molecule has 0 saturated heterocycles. The zero-order valence-electron chi connectivity index (χ0n) is 13.4. The van der Waals surface area contributed by atoms with Crippen LogP contribution in [0.4, 0.5) is 4.79 Å². The molecule has 0 aliphatic heterocycles. The Bertz CT molecular complexity index is 668. The molecule has 0 saturated carbocycles. The molecule has 2 aromatic rings. The second-order valence-corrected chi connectivity index (χ2v) is 5.91. The third-order valence-corrected chi connectivity index (χ3v) is 4.49. The van der Waals surface area contributed by atoms with Crippen LogP contribution in [0.15, 0.2) is 48.5 Å². The normalized spacial score (nSPS) is 14.0. The SMILES string of the molecule is CC(CCO)N(C)C(=O)OC1c2ccccc2-c2ccccc21. The number of carbonyl (C=O) groups excluding carboxylic acids is 1. The molecule has 0 radical (unpaired) electrons. The number of aliphatic hydroxyl groups excluding tert-OH is 1. The average Bonchev–Trinajstić information content (AvgIpc) is 2.89. The molecule has 0 fully saturated rings. The summed E-state index contributed by atoms with van der Waals surface area (Å²) in [7, 11) is 1.70. The van der Waals surface area contributed by atoms with Crippen molar-refractivity contribution in [3.05, 3.63) is 59.7 Å². The van der Waals surface area contributed by atoms with Gasteiger partial charge in [0.15, 0.2) is 6.10 Å². The molecule has 1 atom stereocenters. The first-order chi connectivity index (χ1) is 11.1. The summed E-state index contributed by atoms with van der Waals surface area (Å²) >= 11 is 0. The van der Waals surface area contributed by atoms with Gasteiger partial charge >= 0.3 is 6.09 Å². The Morgan fingerprint density at radius 2 is 1.65 bits per heavy atom. The third-order valence-electron chi connectivity index (χ3n) is 4.49. The van der Waals surface area contributed by atoms with E-state index in [1.807, 2.05) is 43.3 Å². The van der Waals surface area contributed by atoms with Crippen LogP contribution in [0.3, 0.4) is 0 Å². The monoisotopic (exact) mass is 311 g/mol. The number of aliphatic hydroxyl groups is 1. The first-order valence-corrected chi connectivity index (χ1v) is 7.86. The van der Waals surface area contributed by atoms with Gasteiger partial charge < -0.3 is 14.7 Å². The van der Waals surface area contributed by atoms with Crippen LogP contribution in [0.1, 0.15) is 30.6 Å². The van der Waals surface area contributed by atoms with Gasteiger partial charge in [-0.1, -0.05) is 48.5 Å². The highest BCUT2D eigenvalue weighted by Gasteiger charge is 2.32. The molecular weight excluding hydrogens is 290 g/mol. The van der Waals surface area contributed by atoms with E-state index in [0.717, 1.165) is 22.3 Å². The summed E-state index contributed by atoms with van der Waals surface area (Å²) in [4.78, 5) is 14.0. The summed E-state index contributed by atoms with van der Waals surface area (Å²) < 4.78 is 5.80. The maximum absolute atomic E-state index is 12.5. The molecular formula is C19H21NO3. The van der Waals surface area contributed by atoms with E-state index in [0.29, 0.717) is 6.42 Å². The first kappa shape index (κ1) is 15.6. The lowest BCUT2D eigenvalue weighted by atomic mass is 10.1. The molecule has 2 aromatic carbocycles. The summed E-state index contributed by atoms with van der Waals surface area (Å²) in [5, 5.41) is 9.03. The lowest BCUT2D eigenvalue weighted by molar-refractivity contribution is 0.0725. The zero-order chi connectivity index (χ0) is 16.4. The number of rotatable bonds is 4. The minimum atomic E-state index is -0.376. The van der Waals surface area contributed by atoms with Crippen molar-refractivity contribution in [3.63, 3.8) is 0 Å². The van der Waals surface area contributed by atoms with Crippen LogP contribution in [-0.4, -0.2) is 35.8 Å². The van der Waals surface area contributed by atoms with Crippen LogP contribution in [0, 0.1) is 0 Å². The van der Waals surface area contributed by atoms with Gasteiger partial charge in [0, 0.05) is 30.8 Å². The van der Waals surface area contributed by atoms with Crippen molar-refractivity contribution in [1.29, 1.82) is 0 Å². The maximum atomic E-state index is 12.5. The fourth-order valence-electron chi connectivity index (χ4n) is 2.98. The molecule has 3 rings (SSSR count). The van der Waals surface area contributed by atoms with Crippen molar-refractivity contribution in [3.8, 4) is 11.1 Å². The fraction of sp³-hybridized carbons (Fsp3) is 0.316. The number of ether oxygens (including phenoxy) is 1. The van der Waals surface area contributed by atoms with E-state index >= 15 is 0 Å². The number of nitrogens with zero attached hydrogens (tertiary/aromatic N) is 1. The Morgan fingerprint density at radius 1 is 1.13 bits per heavy atom. The van der Waals surface area contributed by atoms with Crippen LogP contribution in [0.5, 0.6) is 0 Å². The largest absolute Gasteiger partial charge is 0.436 e. The molecule has 0 spiro atoms. The molecule has 1 unspecified atom stereocenters. The summed E-state index contributed by atoms with van der Waals surface area (Å²) in [5.74, 6) is 0. The molecule has 0 aromatic heterocycles. The van der Waals surface area contributed by atoms with Crippen molar-refractivity contribution in [2.45, 2.75) is 25.5 Å². The predicted octanol–water partition coefficient (Wildman–Crippen LogP) is 3.60. The Hall–Kier alpha value is -2.33. The minimum absolute atomic E-state index is 0.0495. The summed E-state index contributed by atoms with van der Waals surface area (Å²) in [6.45, 7) is 1.95. The predicted molar refractivity (Wildman–Crippen MR) is 89.1 cm³/mol. The van der Waals surface area contributed by atoms with Crippen molar-refractivity contribution >= 4 is 6.09 Å². The van der Waals surface area contributed by atoms with Gasteiger partial charge in [-0.2, -0.15) is 0 Å². The van der Waals surface area contributed by atoms with E-state index in [4.69, 9.17) is 9.84 Å². The van der Waals surface area contributed by atoms with E-state index in [-0.39, 0.29) is 24.8 Å². The van der Waals surface area contributed by atoms with Gasteiger partial charge in [-0.15, -0.1) is 0 Å². The van der Waals surface area contributed by atoms with Gasteiger partial charge in [0.1, 0.15) is 0 Å². The van der Waals surface area contributed by atoms with E-state index < -0.39 is 0 Å². The third kappa shape index (κ3) is 2.82. The van der Waals surface area contributed by atoms with E-state index in [1.54, 1.807) is 11.9 Å². The Morgan fingerprint density at radius 3 is 2.17 bits per heavy atom. The highest BCUT2D eigenvalue weighted by molar-refractivity contribution is 5.79. The van der Waals surface area contributed by atoms with Gasteiger partial charge in [-0.05, 0) is 24.5 Å². The first-order valence-electron chi connectivity index (χ1n) is 7.86. The topological polar surface area (TPSA) is 49.8 Å². The smallest absolute Gasteiger partial charge is 0.410 e. The van der Waals surface area contributed by atoms with Crippen molar-refractivity contribution in [2.24, 2.45) is 0 Å². The number of amides is 1. The van der Waals surface area contributed by atoms with Gasteiger partial charge in [0.05, 0.1) is 0 Å². The average molecular weight is 311 g/mol. The minimum Gasteiger partial charge on any atom is -0.436 e. The number of hydrogen-bond donors (Lipinski definition) is 1. The molecule has 1 amide bonds. The van der Waals surface area contributed by atoms with Crippen molar-refractivity contribution in [1.82, 2.24) is 4.90 Å². The van der Waals surface area contributed by atoms with Crippen LogP contribution in [0.2, 0.25) is 0 Å². The number of carbonyl (C=O) groups is 1. The molecule has 1 N–H and O–H groups in total. The fourth-order valence-corrected chi connectivity index (χ4v) is 2.98. The Labute approximate surface area is 136 Å². The molecule has 1 aliphatic carbocycles. The van der Waals surface area contributed by atoms with Crippen molar-refractivity contribution < 1.29 is 14.6 Å². The van der Waals surface area contributed by atoms with Crippen LogP contribution in [-0.2, 0) is 4.74 Å². The summed E-state index contributed by atoms with van der Waals surface area (Å²) in [6, 6.07) is 16.0. The van der Waals surface area contributed by atoms with Gasteiger partial charge in [0.25, 0.3) is 0 Å². The van der Waals surface area contributed by atoms with Gasteiger partial charge in [-0.25, -0.2) is 4.79 Å². The maximum Gasteiger partial charge on any atom is 0.410 e. The van der Waals surface area contributed by atoms with Crippen molar-refractivity contribution in [2.75, 3.05) is 13.7 Å². The number of benzene rings is 2. The van der Waals surface area contributed by atoms with Crippen LogP contribution < -0.4 is 0 Å². The lowest BCUT2D eigenvalue weighted by Crippen LogP contribution is -2.36. The number of hydrogen-bond acceptors (Lipinski definition) is 3. The molecule has 4 nitrogen and oxygen atoms in total. The highest BCUT2D eigenvalue weighted by Crippen LogP contribution is 2.45. The van der Waals surface area contributed by atoms with Gasteiger partial charge in [-0.3, -0.25) is 0 Å². The van der Waals surface area contributed by atoms with E-state index in [1.165, 1.54) is 0 Å². The quantitative estimate of drug-likeness (QED) is 0.938. The standard InChI is InChI=1S/C19H21NO3/c1-13(11-12-21)20(2)19(22)23-18-16-9-5-3-7-14(16)15-8-4-6-10-17(15)18/h3-10,13,18,21H,11-12H2,1-2H3. The Kier molecular flexibility index (Phi) is 4.35. The lowest BCUT2D eigenvalue weighted by Gasteiger charge is -2.26. The van der Waals surface area contributed by atoms with Crippen LogP contribution >= 0.6 is 0 Å². The summed E-state index contributed by atoms with van der Waals surface area (Å²) in [6.07, 6.45) is -0.218. The second-order valence-electron chi connectivity index (χ2n) is 5.91. The molecule has 4 heteroatoms. The molecule has 1 aliphatic rings. The second kappa shape index (κ2) is 6.42. The highest BCUT2D eigenvalue weighted by atomic mass is 16.6. The van der Waals surface area contributed by atoms with E-state index in [9.17, 15) is 4.79 Å². The zero-order valence-corrected chi connectivity index (χ0v) is 13.4. The molecule has 23 heavy (non-hydrogen) atoms. The molecule has 0 bridgehead atoms. The van der Waals surface area contributed by atoms with Crippen LogP contribution in [0.25, 0.3) is 11.1 Å². The molecule has 120 valence electrons.